The number of hydrogen-bond donors (Lipinski definition) is 1. The zero-order valence-corrected chi connectivity index (χ0v) is 13.8. The number of ether oxygens (including phenoxy) is 1. The van der Waals surface area contributed by atoms with Crippen LogP contribution in [-0.4, -0.2) is 41.2 Å². The summed E-state index contributed by atoms with van der Waals surface area (Å²) in [5.41, 5.74) is 1.70. The average Bonchev–Trinajstić information content (AvgIpc) is 2.38. The Morgan fingerprint density at radius 1 is 1.38 bits per heavy atom. The van der Waals surface area contributed by atoms with Crippen LogP contribution < -0.4 is 5.32 Å². The Balaban J connectivity index is 2.32. The molecule has 0 saturated carbocycles. The minimum absolute atomic E-state index is 0.264. The highest BCUT2D eigenvalue weighted by Crippen LogP contribution is 2.09. The van der Waals surface area contributed by atoms with E-state index in [1.165, 1.54) is 0 Å². The predicted octanol–water partition coefficient (Wildman–Crippen LogP) is 2.74. The monoisotopic (exact) mass is 293 g/mol. The first-order valence-electron chi connectivity index (χ1n) is 7.42. The first-order chi connectivity index (χ1) is 9.81. The van der Waals surface area contributed by atoms with Crippen LogP contribution in [0.5, 0.6) is 0 Å². The molecule has 0 radical (unpaired) electrons. The number of aryl methyl sites for hydroxylation is 1. The second-order valence-corrected chi connectivity index (χ2v) is 6.06. The molecule has 0 aliphatic carbocycles. The molecule has 1 aromatic heterocycles. The van der Waals surface area contributed by atoms with E-state index in [-0.39, 0.29) is 6.09 Å². The number of carbonyl (C=O) groups is 1. The molecule has 118 valence electrons. The van der Waals surface area contributed by atoms with E-state index < -0.39 is 5.60 Å². The summed E-state index contributed by atoms with van der Waals surface area (Å²) >= 11 is 0. The van der Waals surface area contributed by atoms with Crippen molar-refractivity contribution in [1.29, 1.82) is 0 Å². The van der Waals surface area contributed by atoms with Gasteiger partial charge in [0.1, 0.15) is 5.60 Å². The normalized spacial score (nSPS) is 11.3. The van der Waals surface area contributed by atoms with Crippen molar-refractivity contribution in [3.8, 4) is 0 Å². The number of likely N-dealkylation sites (N-methyl/N-ethyl adjacent to an activating group) is 1. The van der Waals surface area contributed by atoms with Crippen molar-refractivity contribution in [2.75, 3.05) is 19.6 Å². The number of nitrogens with one attached hydrogen (secondary N) is 1. The number of hydrogen-bond acceptors (Lipinski definition) is 4. The third kappa shape index (κ3) is 7.09. The van der Waals surface area contributed by atoms with Crippen LogP contribution in [0.1, 0.15) is 39.0 Å². The minimum atomic E-state index is -0.455. The second kappa shape index (κ2) is 7.98. The highest BCUT2D eigenvalue weighted by Gasteiger charge is 2.20. The van der Waals surface area contributed by atoms with Crippen LogP contribution in [0, 0.1) is 6.92 Å². The van der Waals surface area contributed by atoms with Crippen LogP contribution in [0.25, 0.3) is 0 Å². The van der Waals surface area contributed by atoms with Gasteiger partial charge in [-0.25, -0.2) is 4.79 Å². The molecule has 1 heterocycles. The van der Waals surface area contributed by atoms with Gasteiger partial charge in [0.05, 0.1) is 5.69 Å². The summed E-state index contributed by atoms with van der Waals surface area (Å²) in [6, 6.07) is 4.05. The van der Waals surface area contributed by atoms with Crippen LogP contribution in [0.4, 0.5) is 4.79 Å². The molecule has 0 bridgehead atoms. The molecule has 0 fully saturated rings. The zero-order valence-electron chi connectivity index (χ0n) is 13.8. The Hall–Kier alpha value is -1.62. The second-order valence-electron chi connectivity index (χ2n) is 6.06. The van der Waals surface area contributed by atoms with E-state index in [2.05, 4.69) is 10.3 Å². The van der Waals surface area contributed by atoms with E-state index in [9.17, 15) is 4.79 Å². The van der Waals surface area contributed by atoms with Gasteiger partial charge in [-0.1, -0.05) is 6.07 Å². The fourth-order valence-electron chi connectivity index (χ4n) is 1.74. The molecule has 1 aromatic rings. The fraction of sp³-hybridized carbons (Fsp3) is 0.625. The lowest BCUT2D eigenvalue weighted by Crippen LogP contribution is -2.40. The van der Waals surface area contributed by atoms with Gasteiger partial charge >= 0.3 is 6.09 Å². The summed E-state index contributed by atoms with van der Waals surface area (Å²) in [6.07, 6.45) is 1.59. The smallest absolute Gasteiger partial charge is 0.410 e. The van der Waals surface area contributed by atoms with E-state index >= 15 is 0 Å². The Kier molecular flexibility index (Phi) is 6.62. The highest BCUT2D eigenvalue weighted by atomic mass is 16.6. The number of nitrogens with zero attached hydrogens (tertiary/aromatic N) is 2. The third-order valence-corrected chi connectivity index (χ3v) is 2.87. The molecule has 0 unspecified atom stereocenters. The molecule has 0 aliphatic rings. The molecule has 0 saturated heterocycles. The summed E-state index contributed by atoms with van der Waals surface area (Å²) < 4.78 is 5.37. The topological polar surface area (TPSA) is 54.5 Å². The van der Waals surface area contributed by atoms with Crippen LogP contribution in [0.15, 0.2) is 18.3 Å². The lowest BCUT2D eigenvalue weighted by molar-refractivity contribution is 0.0262. The van der Waals surface area contributed by atoms with Crippen LogP contribution in [0.2, 0.25) is 0 Å². The molecule has 0 aliphatic heterocycles. The summed E-state index contributed by atoms with van der Waals surface area (Å²) in [7, 11) is 0. The SMILES string of the molecule is CCN(CCNCc1ccc(C)cn1)C(=O)OC(C)(C)C. The van der Waals surface area contributed by atoms with Gasteiger partial charge in [-0.05, 0) is 46.2 Å². The number of carbonyl (C=O) groups excluding carboxylic acids is 1. The lowest BCUT2D eigenvalue weighted by Gasteiger charge is -2.26. The van der Waals surface area contributed by atoms with Crippen molar-refractivity contribution >= 4 is 6.09 Å². The average molecular weight is 293 g/mol. The number of rotatable bonds is 6. The van der Waals surface area contributed by atoms with Crippen molar-refractivity contribution < 1.29 is 9.53 Å². The van der Waals surface area contributed by atoms with E-state index in [1.807, 2.05) is 52.9 Å². The summed E-state index contributed by atoms with van der Waals surface area (Å²) in [4.78, 5) is 18.0. The van der Waals surface area contributed by atoms with Crippen LogP contribution in [-0.2, 0) is 11.3 Å². The largest absolute Gasteiger partial charge is 0.444 e. The first kappa shape index (κ1) is 17.4. The van der Waals surface area contributed by atoms with E-state index in [0.29, 0.717) is 26.2 Å². The van der Waals surface area contributed by atoms with Crippen LogP contribution >= 0.6 is 0 Å². The molecule has 0 aromatic carbocycles. The number of amides is 1. The van der Waals surface area contributed by atoms with Crippen molar-refractivity contribution in [2.45, 2.75) is 46.8 Å². The maximum absolute atomic E-state index is 12.0. The quantitative estimate of drug-likeness (QED) is 0.819. The molecule has 1 N–H and O–H groups in total. The minimum Gasteiger partial charge on any atom is -0.444 e. The molecule has 5 nitrogen and oxygen atoms in total. The van der Waals surface area contributed by atoms with Gasteiger partial charge in [-0.2, -0.15) is 0 Å². The molecule has 5 heteroatoms. The predicted molar refractivity (Wildman–Crippen MR) is 84.2 cm³/mol. The zero-order chi connectivity index (χ0) is 15.9. The van der Waals surface area contributed by atoms with Gasteiger partial charge < -0.3 is 15.0 Å². The van der Waals surface area contributed by atoms with E-state index in [1.54, 1.807) is 4.90 Å². The Labute approximate surface area is 127 Å². The summed E-state index contributed by atoms with van der Waals surface area (Å²) in [5, 5.41) is 3.29. The van der Waals surface area contributed by atoms with Gasteiger partial charge in [-0.3, -0.25) is 4.98 Å². The van der Waals surface area contributed by atoms with Crippen molar-refractivity contribution in [3.63, 3.8) is 0 Å². The van der Waals surface area contributed by atoms with Crippen LogP contribution in [0.3, 0.4) is 0 Å². The summed E-state index contributed by atoms with van der Waals surface area (Å²) in [6.45, 7) is 12.3. The van der Waals surface area contributed by atoms with Crippen molar-refractivity contribution in [1.82, 2.24) is 15.2 Å². The maximum atomic E-state index is 12.0. The Morgan fingerprint density at radius 3 is 2.62 bits per heavy atom. The highest BCUT2D eigenvalue weighted by molar-refractivity contribution is 5.68. The standard InChI is InChI=1S/C16H27N3O2/c1-6-19(15(20)21-16(3,4)5)10-9-17-12-14-8-7-13(2)11-18-14/h7-8,11,17H,6,9-10,12H2,1-5H3. The third-order valence-electron chi connectivity index (χ3n) is 2.87. The Morgan fingerprint density at radius 2 is 2.10 bits per heavy atom. The van der Waals surface area contributed by atoms with Gasteiger partial charge in [0.25, 0.3) is 0 Å². The molecule has 21 heavy (non-hydrogen) atoms. The van der Waals surface area contributed by atoms with E-state index in [0.717, 1.165) is 11.3 Å². The van der Waals surface area contributed by atoms with Crippen molar-refractivity contribution in [2.24, 2.45) is 0 Å². The van der Waals surface area contributed by atoms with Gasteiger partial charge in [0.15, 0.2) is 0 Å². The first-order valence-corrected chi connectivity index (χ1v) is 7.42. The lowest BCUT2D eigenvalue weighted by atomic mass is 10.2. The maximum Gasteiger partial charge on any atom is 0.410 e. The molecule has 0 atom stereocenters. The van der Waals surface area contributed by atoms with Gasteiger partial charge in [0, 0.05) is 32.4 Å². The summed E-state index contributed by atoms with van der Waals surface area (Å²) in [5.74, 6) is 0. The number of pyridine rings is 1. The fourth-order valence-corrected chi connectivity index (χ4v) is 1.74. The molecular weight excluding hydrogens is 266 g/mol. The molecule has 0 spiro atoms. The molecular formula is C16H27N3O2. The molecule has 1 amide bonds. The van der Waals surface area contributed by atoms with Gasteiger partial charge in [0.2, 0.25) is 0 Å². The van der Waals surface area contributed by atoms with Gasteiger partial charge in [-0.15, -0.1) is 0 Å². The van der Waals surface area contributed by atoms with Crippen molar-refractivity contribution in [3.05, 3.63) is 29.6 Å². The van der Waals surface area contributed by atoms with E-state index in [4.69, 9.17) is 4.74 Å². The Bertz CT molecular complexity index is 438. The number of aromatic nitrogens is 1. The molecule has 1 rings (SSSR count).